The molecule has 3 heterocycles. The molecule has 0 bridgehead atoms. The molecule has 0 radical (unpaired) electrons. The standard InChI is InChI=1S/C24H30N4O4S/c1-14-15(2)33-24-21(14)22(26-13-27-24)28-8-6-16(7-9-28)23(29)25-12-17-10-19(31-4)20(32-5)11-18(17)30-3/h10-11,13,16H,6-9,12H2,1-5H3,(H,25,29). The number of thiophene rings is 1. The molecular weight excluding hydrogens is 440 g/mol. The quantitative estimate of drug-likeness (QED) is 0.561. The molecule has 0 aliphatic carbocycles. The number of rotatable bonds is 7. The summed E-state index contributed by atoms with van der Waals surface area (Å²) in [6, 6.07) is 3.61. The van der Waals surface area contributed by atoms with E-state index in [4.69, 9.17) is 14.2 Å². The molecule has 176 valence electrons. The van der Waals surface area contributed by atoms with Crippen molar-refractivity contribution in [2.45, 2.75) is 33.2 Å². The van der Waals surface area contributed by atoms with E-state index < -0.39 is 0 Å². The number of methoxy groups -OCH3 is 3. The summed E-state index contributed by atoms with van der Waals surface area (Å²) in [7, 11) is 4.77. The highest BCUT2D eigenvalue weighted by molar-refractivity contribution is 7.18. The van der Waals surface area contributed by atoms with Crippen LogP contribution in [0.15, 0.2) is 18.5 Å². The fourth-order valence-corrected chi connectivity index (χ4v) is 5.31. The number of amides is 1. The van der Waals surface area contributed by atoms with Crippen LogP contribution in [-0.2, 0) is 11.3 Å². The lowest BCUT2D eigenvalue weighted by molar-refractivity contribution is -0.125. The number of nitrogens with zero attached hydrogens (tertiary/aromatic N) is 3. The Kier molecular flexibility index (Phi) is 6.88. The Morgan fingerprint density at radius 2 is 1.73 bits per heavy atom. The maximum atomic E-state index is 12.9. The maximum Gasteiger partial charge on any atom is 0.223 e. The summed E-state index contributed by atoms with van der Waals surface area (Å²) in [5, 5.41) is 4.21. The number of anilines is 1. The molecule has 3 aromatic rings. The third kappa shape index (κ3) is 4.55. The average Bonchev–Trinajstić information content (AvgIpc) is 3.15. The third-order valence-electron chi connectivity index (χ3n) is 6.35. The van der Waals surface area contributed by atoms with Gasteiger partial charge in [0, 0.05) is 42.1 Å². The van der Waals surface area contributed by atoms with E-state index in [-0.39, 0.29) is 11.8 Å². The van der Waals surface area contributed by atoms with Gasteiger partial charge >= 0.3 is 0 Å². The molecule has 2 aromatic heterocycles. The molecule has 1 aromatic carbocycles. The van der Waals surface area contributed by atoms with Crippen LogP contribution in [0.25, 0.3) is 10.2 Å². The molecule has 1 amide bonds. The second-order valence-corrected chi connectivity index (χ2v) is 9.36. The highest BCUT2D eigenvalue weighted by Crippen LogP contribution is 2.36. The van der Waals surface area contributed by atoms with Gasteiger partial charge in [0.15, 0.2) is 11.5 Å². The van der Waals surface area contributed by atoms with Gasteiger partial charge in [-0.1, -0.05) is 0 Å². The van der Waals surface area contributed by atoms with Gasteiger partial charge in [-0.2, -0.15) is 0 Å². The molecule has 1 aliphatic heterocycles. The van der Waals surface area contributed by atoms with Crippen LogP contribution in [0.4, 0.5) is 5.82 Å². The van der Waals surface area contributed by atoms with Crippen LogP contribution < -0.4 is 24.4 Å². The Morgan fingerprint density at radius 3 is 2.39 bits per heavy atom. The van der Waals surface area contributed by atoms with Crippen molar-refractivity contribution in [3.05, 3.63) is 34.5 Å². The molecule has 0 atom stereocenters. The monoisotopic (exact) mass is 470 g/mol. The van der Waals surface area contributed by atoms with Crippen molar-refractivity contribution in [3.63, 3.8) is 0 Å². The first kappa shape index (κ1) is 23.1. The largest absolute Gasteiger partial charge is 0.496 e. The number of aromatic nitrogens is 2. The van der Waals surface area contributed by atoms with Gasteiger partial charge in [-0.3, -0.25) is 4.79 Å². The smallest absolute Gasteiger partial charge is 0.223 e. The van der Waals surface area contributed by atoms with E-state index in [1.54, 1.807) is 45.1 Å². The molecule has 1 aliphatic rings. The van der Waals surface area contributed by atoms with Crippen LogP contribution in [0.2, 0.25) is 0 Å². The van der Waals surface area contributed by atoms with Crippen LogP contribution in [-0.4, -0.2) is 50.3 Å². The maximum absolute atomic E-state index is 12.9. The average molecular weight is 471 g/mol. The van der Waals surface area contributed by atoms with Crippen LogP contribution in [0.1, 0.15) is 28.8 Å². The lowest BCUT2D eigenvalue weighted by Crippen LogP contribution is -2.40. The summed E-state index contributed by atoms with van der Waals surface area (Å²) in [5.41, 5.74) is 2.09. The molecule has 33 heavy (non-hydrogen) atoms. The molecule has 0 saturated carbocycles. The number of hydrogen-bond acceptors (Lipinski definition) is 8. The van der Waals surface area contributed by atoms with E-state index in [1.807, 2.05) is 6.07 Å². The van der Waals surface area contributed by atoms with Crippen molar-refractivity contribution in [2.24, 2.45) is 5.92 Å². The number of hydrogen-bond donors (Lipinski definition) is 1. The first-order valence-corrected chi connectivity index (χ1v) is 11.8. The molecule has 0 spiro atoms. The molecule has 1 saturated heterocycles. The minimum absolute atomic E-state index is 0.0324. The second kappa shape index (κ2) is 9.82. The summed E-state index contributed by atoms with van der Waals surface area (Å²) < 4.78 is 16.2. The van der Waals surface area contributed by atoms with Crippen LogP contribution in [0, 0.1) is 19.8 Å². The van der Waals surface area contributed by atoms with E-state index in [1.165, 1.54) is 10.4 Å². The van der Waals surface area contributed by atoms with E-state index in [0.717, 1.165) is 47.5 Å². The van der Waals surface area contributed by atoms with Crippen molar-refractivity contribution < 1.29 is 19.0 Å². The minimum Gasteiger partial charge on any atom is -0.496 e. The second-order valence-electron chi connectivity index (χ2n) is 8.16. The highest BCUT2D eigenvalue weighted by atomic mass is 32.1. The van der Waals surface area contributed by atoms with Crippen molar-refractivity contribution in [2.75, 3.05) is 39.3 Å². The van der Waals surface area contributed by atoms with Gasteiger partial charge in [-0.05, 0) is 38.3 Å². The number of carbonyl (C=O) groups is 1. The van der Waals surface area contributed by atoms with Gasteiger partial charge in [0.1, 0.15) is 22.7 Å². The Hall–Kier alpha value is -3.07. The molecule has 8 nitrogen and oxygen atoms in total. The lowest BCUT2D eigenvalue weighted by Gasteiger charge is -2.32. The van der Waals surface area contributed by atoms with E-state index in [2.05, 4.69) is 34.0 Å². The fraction of sp³-hybridized carbons (Fsp3) is 0.458. The SMILES string of the molecule is COc1cc(OC)c(OC)cc1CNC(=O)C1CCN(c2ncnc3sc(C)c(C)c23)CC1. The summed E-state index contributed by atoms with van der Waals surface area (Å²) >= 11 is 1.71. The van der Waals surface area contributed by atoms with Crippen molar-refractivity contribution >= 4 is 33.3 Å². The van der Waals surface area contributed by atoms with Gasteiger partial charge in [-0.15, -0.1) is 11.3 Å². The Morgan fingerprint density at radius 1 is 1.06 bits per heavy atom. The minimum atomic E-state index is -0.0324. The number of nitrogens with one attached hydrogen (secondary N) is 1. The summed E-state index contributed by atoms with van der Waals surface area (Å²) in [4.78, 5) is 26.5. The van der Waals surface area contributed by atoms with Crippen LogP contribution in [0.5, 0.6) is 17.2 Å². The molecule has 9 heteroatoms. The van der Waals surface area contributed by atoms with Crippen molar-refractivity contribution in [1.82, 2.24) is 15.3 Å². The first-order valence-electron chi connectivity index (χ1n) is 11.0. The van der Waals surface area contributed by atoms with Crippen LogP contribution >= 0.6 is 11.3 Å². The van der Waals surface area contributed by atoms with E-state index in [9.17, 15) is 4.79 Å². The predicted octanol–water partition coefficient (Wildman–Crippen LogP) is 3.87. The normalized spacial score (nSPS) is 14.4. The van der Waals surface area contributed by atoms with E-state index >= 15 is 0 Å². The molecule has 0 unspecified atom stereocenters. The molecule has 1 N–H and O–H groups in total. The van der Waals surface area contributed by atoms with Gasteiger partial charge < -0.3 is 24.4 Å². The number of fused-ring (bicyclic) bond motifs is 1. The van der Waals surface area contributed by atoms with Gasteiger partial charge in [0.25, 0.3) is 0 Å². The van der Waals surface area contributed by atoms with E-state index in [0.29, 0.717) is 23.8 Å². The molecule has 4 rings (SSSR count). The Balaban J connectivity index is 1.40. The zero-order chi connectivity index (χ0) is 23.5. The van der Waals surface area contributed by atoms with Crippen molar-refractivity contribution in [3.8, 4) is 17.2 Å². The summed E-state index contributed by atoms with van der Waals surface area (Å²) in [6.45, 7) is 6.19. The summed E-state index contributed by atoms with van der Waals surface area (Å²) in [6.07, 6.45) is 3.20. The zero-order valence-electron chi connectivity index (χ0n) is 19.7. The van der Waals surface area contributed by atoms with Gasteiger partial charge in [0.05, 0.1) is 26.7 Å². The fourth-order valence-electron chi connectivity index (χ4n) is 4.31. The topological polar surface area (TPSA) is 85.8 Å². The Labute approximate surface area is 197 Å². The lowest BCUT2D eigenvalue weighted by atomic mass is 9.95. The zero-order valence-corrected chi connectivity index (χ0v) is 20.5. The van der Waals surface area contributed by atoms with Gasteiger partial charge in [-0.25, -0.2) is 9.97 Å². The number of benzene rings is 1. The van der Waals surface area contributed by atoms with Crippen molar-refractivity contribution in [1.29, 1.82) is 0 Å². The van der Waals surface area contributed by atoms with Gasteiger partial charge in [0.2, 0.25) is 5.91 Å². The van der Waals surface area contributed by atoms with Crippen LogP contribution in [0.3, 0.4) is 0 Å². The molecule has 1 fully saturated rings. The highest BCUT2D eigenvalue weighted by Gasteiger charge is 2.27. The number of carbonyl (C=O) groups excluding carboxylic acids is 1. The number of aryl methyl sites for hydroxylation is 2. The predicted molar refractivity (Wildman–Crippen MR) is 130 cm³/mol. The first-order chi connectivity index (χ1) is 16.0. The number of piperidine rings is 1. The summed E-state index contributed by atoms with van der Waals surface area (Å²) in [5.74, 6) is 2.85. The number of ether oxygens (including phenoxy) is 3. The molecular formula is C24H30N4O4S. The third-order valence-corrected chi connectivity index (χ3v) is 7.47. The Bertz CT molecular complexity index is 1160.